The normalized spacial score (nSPS) is 28.9. The summed E-state index contributed by atoms with van der Waals surface area (Å²) in [4.78, 5) is 42.0. The standard InChI is InChI=1S/C23H22BrN3O3S/c1-12-3-6-14(7-4-12)27-20(28)18-17(9-10-31-2)26-23(19(18)21(27)29)15-11-13(24)5-8-16(15)25-22(23)30/h3-8,11,17-19,26H,9-10H2,1-2H3,(H,25,30)/t17-,18+,19-,23+/m0/s1. The predicted octanol–water partition coefficient (Wildman–Crippen LogP) is 3.44. The second kappa shape index (κ2) is 7.46. The average molecular weight is 500 g/mol. The summed E-state index contributed by atoms with van der Waals surface area (Å²) >= 11 is 5.18. The van der Waals surface area contributed by atoms with E-state index in [4.69, 9.17) is 0 Å². The summed E-state index contributed by atoms with van der Waals surface area (Å²) in [5, 5.41) is 6.40. The second-order valence-corrected chi connectivity index (χ2v) is 10.2. The molecule has 0 aliphatic carbocycles. The van der Waals surface area contributed by atoms with Crippen LogP contribution in [0.1, 0.15) is 17.5 Å². The molecular weight excluding hydrogens is 478 g/mol. The van der Waals surface area contributed by atoms with Crippen LogP contribution in [-0.2, 0) is 19.9 Å². The lowest BCUT2D eigenvalue weighted by Gasteiger charge is -2.29. The van der Waals surface area contributed by atoms with E-state index in [-0.39, 0.29) is 23.8 Å². The number of halogens is 1. The Kier molecular flexibility index (Phi) is 4.99. The quantitative estimate of drug-likeness (QED) is 0.630. The highest BCUT2D eigenvalue weighted by molar-refractivity contribution is 9.10. The Labute approximate surface area is 193 Å². The van der Waals surface area contributed by atoms with Gasteiger partial charge in [-0.05, 0) is 55.7 Å². The molecule has 31 heavy (non-hydrogen) atoms. The number of amides is 3. The van der Waals surface area contributed by atoms with E-state index in [1.807, 2.05) is 43.5 Å². The molecule has 3 amide bonds. The van der Waals surface area contributed by atoms with Crippen LogP contribution in [0, 0.1) is 18.8 Å². The minimum absolute atomic E-state index is 0.231. The van der Waals surface area contributed by atoms with Gasteiger partial charge < -0.3 is 5.32 Å². The van der Waals surface area contributed by atoms with Crippen LogP contribution >= 0.6 is 27.7 Å². The Bertz CT molecular complexity index is 1110. The Balaban J connectivity index is 1.65. The molecule has 0 aromatic heterocycles. The van der Waals surface area contributed by atoms with Crippen molar-refractivity contribution in [3.63, 3.8) is 0 Å². The number of imide groups is 1. The van der Waals surface area contributed by atoms with Gasteiger partial charge in [0.1, 0.15) is 5.54 Å². The molecule has 160 valence electrons. The van der Waals surface area contributed by atoms with Crippen LogP contribution in [-0.4, -0.2) is 35.8 Å². The minimum atomic E-state index is -1.25. The SMILES string of the molecule is CSCC[C@@H]1N[C@@]2(C(=O)Nc3ccc(Br)cc32)[C@@H]2C(=O)N(c3ccc(C)cc3)C(=O)[C@H]12. The van der Waals surface area contributed by atoms with Crippen LogP contribution < -0.4 is 15.5 Å². The van der Waals surface area contributed by atoms with Crippen molar-refractivity contribution in [1.29, 1.82) is 0 Å². The zero-order valence-corrected chi connectivity index (χ0v) is 19.5. The number of fused-ring (bicyclic) bond motifs is 4. The summed E-state index contributed by atoms with van der Waals surface area (Å²) in [5.41, 5.74) is 1.76. The van der Waals surface area contributed by atoms with Gasteiger partial charge in [0.05, 0.1) is 17.5 Å². The number of carbonyl (C=O) groups is 3. The van der Waals surface area contributed by atoms with Crippen molar-refractivity contribution in [2.45, 2.75) is 24.9 Å². The molecule has 4 atom stereocenters. The Morgan fingerprint density at radius 3 is 2.55 bits per heavy atom. The van der Waals surface area contributed by atoms with Crippen LogP contribution in [0.3, 0.4) is 0 Å². The highest BCUT2D eigenvalue weighted by atomic mass is 79.9. The number of nitrogens with one attached hydrogen (secondary N) is 2. The van der Waals surface area contributed by atoms with Gasteiger partial charge >= 0.3 is 0 Å². The molecular formula is C23H22BrN3O3S. The maximum absolute atomic E-state index is 13.8. The molecule has 1 spiro atoms. The lowest BCUT2D eigenvalue weighted by Crippen LogP contribution is -2.53. The summed E-state index contributed by atoms with van der Waals surface area (Å²) in [5.74, 6) is -1.36. The number of benzene rings is 2. The number of hydrogen-bond donors (Lipinski definition) is 2. The van der Waals surface area contributed by atoms with Crippen molar-refractivity contribution in [2.75, 3.05) is 22.2 Å². The second-order valence-electron chi connectivity index (χ2n) is 8.34. The monoisotopic (exact) mass is 499 g/mol. The fourth-order valence-electron chi connectivity index (χ4n) is 5.22. The van der Waals surface area contributed by atoms with Crippen LogP contribution in [0.15, 0.2) is 46.9 Å². The number of rotatable bonds is 4. The molecule has 5 rings (SSSR count). The molecule has 6 nitrogen and oxygen atoms in total. The molecule has 0 unspecified atom stereocenters. The first-order valence-electron chi connectivity index (χ1n) is 10.2. The number of nitrogens with zero attached hydrogens (tertiary/aromatic N) is 1. The maximum Gasteiger partial charge on any atom is 0.250 e. The molecule has 2 N–H and O–H groups in total. The van der Waals surface area contributed by atoms with E-state index < -0.39 is 17.4 Å². The Morgan fingerprint density at radius 1 is 1.10 bits per heavy atom. The molecule has 2 fully saturated rings. The first-order chi connectivity index (χ1) is 14.9. The fraction of sp³-hybridized carbons (Fsp3) is 0.348. The number of anilines is 2. The van der Waals surface area contributed by atoms with E-state index in [0.717, 1.165) is 21.4 Å². The summed E-state index contributed by atoms with van der Waals surface area (Å²) < 4.78 is 0.820. The molecule has 3 aliphatic rings. The molecule has 3 heterocycles. The van der Waals surface area contributed by atoms with Crippen molar-refractivity contribution in [3.8, 4) is 0 Å². The van der Waals surface area contributed by atoms with E-state index in [9.17, 15) is 14.4 Å². The smallest absolute Gasteiger partial charge is 0.250 e. The topological polar surface area (TPSA) is 78.5 Å². The summed E-state index contributed by atoms with van der Waals surface area (Å²) in [6.07, 6.45) is 2.71. The number of hydrogen-bond acceptors (Lipinski definition) is 5. The largest absolute Gasteiger partial charge is 0.324 e. The van der Waals surface area contributed by atoms with Crippen molar-refractivity contribution < 1.29 is 14.4 Å². The molecule has 2 saturated heterocycles. The van der Waals surface area contributed by atoms with Gasteiger partial charge in [0.15, 0.2) is 0 Å². The van der Waals surface area contributed by atoms with Gasteiger partial charge in [-0.25, -0.2) is 4.90 Å². The molecule has 0 saturated carbocycles. The van der Waals surface area contributed by atoms with Gasteiger partial charge in [-0.2, -0.15) is 11.8 Å². The van der Waals surface area contributed by atoms with Gasteiger partial charge in [-0.1, -0.05) is 33.6 Å². The van der Waals surface area contributed by atoms with Crippen LogP contribution in [0.2, 0.25) is 0 Å². The zero-order chi connectivity index (χ0) is 21.9. The van der Waals surface area contributed by atoms with E-state index in [1.165, 1.54) is 4.90 Å². The molecule has 3 aliphatic heterocycles. The van der Waals surface area contributed by atoms with Crippen LogP contribution in [0.25, 0.3) is 0 Å². The summed E-state index contributed by atoms with van der Waals surface area (Å²) in [6, 6.07) is 12.7. The third-order valence-electron chi connectivity index (χ3n) is 6.60. The Morgan fingerprint density at radius 2 is 1.84 bits per heavy atom. The van der Waals surface area contributed by atoms with E-state index in [0.29, 0.717) is 17.8 Å². The van der Waals surface area contributed by atoms with E-state index >= 15 is 0 Å². The summed E-state index contributed by atoms with van der Waals surface area (Å²) in [6.45, 7) is 1.96. The average Bonchev–Trinajstić information content (AvgIpc) is 3.32. The van der Waals surface area contributed by atoms with Gasteiger partial charge in [0.2, 0.25) is 17.7 Å². The molecule has 2 aromatic rings. The van der Waals surface area contributed by atoms with Gasteiger partial charge in [-0.3, -0.25) is 19.7 Å². The highest BCUT2D eigenvalue weighted by Crippen LogP contribution is 2.54. The van der Waals surface area contributed by atoms with Gasteiger partial charge in [0, 0.05) is 21.8 Å². The predicted molar refractivity (Wildman–Crippen MR) is 125 cm³/mol. The lowest BCUT2D eigenvalue weighted by molar-refractivity contribution is -0.130. The van der Waals surface area contributed by atoms with Crippen molar-refractivity contribution in [2.24, 2.45) is 11.8 Å². The minimum Gasteiger partial charge on any atom is -0.324 e. The van der Waals surface area contributed by atoms with Crippen molar-refractivity contribution >= 4 is 56.8 Å². The maximum atomic E-state index is 13.8. The first kappa shape index (κ1) is 20.7. The summed E-state index contributed by atoms with van der Waals surface area (Å²) in [7, 11) is 0. The van der Waals surface area contributed by atoms with E-state index in [1.54, 1.807) is 23.9 Å². The van der Waals surface area contributed by atoms with Crippen LogP contribution in [0.5, 0.6) is 0 Å². The first-order valence-corrected chi connectivity index (χ1v) is 12.4. The zero-order valence-electron chi connectivity index (χ0n) is 17.1. The third-order valence-corrected chi connectivity index (χ3v) is 7.74. The molecule has 8 heteroatoms. The molecule has 0 radical (unpaired) electrons. The third kappa shape index (κ3) is 2.92. The van der Waals surface area contributed by atoms with E-state index in [2.05, 4.69) is 26.6 Å². The van der Waals surface area contributed by atoms with Crippen molar-refractivity contribution in [3.05, 3.63) is 58.1 Å². The number of aryl methyl sites for hydroxylation is 1. The van der Waals surface area contributed by atoms with Gasteiger partial charge in [0.25, 0.3) is 0 Å². The van der Waals surface area contributed by atoms with Gasteiger partial charge in [-0.15, -0.1) is 0 Å². The molecule has 2 aromatic carbocycles. The number of thioether (sulfide) groups is 1. The van der Waals surface area contributed by atoms with Crippen LogP contribution in [0.4, 0.5) is 11.4 Å². The molecule has 0 bridgehead atoms. The van der Waals surface area contributed by atoms with Crippen molar-refractivity contribution in [1.82, 2.24) is 5.32 Å². The Hall–Kier alpha value is -2.16. The fourth-order valence-corrected chi connectivity index (χ4v) is 6.07. The lowest BCUT2D eigenvalue weighted by atomic mass is 9.76. The number of carbonyl (C=O) groups excluding carboxylic acids is 3. The highest BCUT2D eigenvalue weighted by Gasteiger charge is 2.70.